The molecule has 5 heteroatoms. The number of rotatable bonds is 5. The first kappa shape index (κ1) is 16.8. The molecule has 0 bridgehead atoms. The van der Waals surface area contributed by atoms with Gasteiger partial charge in [0.15, 0.2) is 0 Å². The minimum absolute atomic E-state index is 0.483. The van der Waals surface area contributed by atoms with Crippen LogP contribution in [0.3, 0.4) is 0 Å². The molecule has 134 valence electrons. The van der Waals surface area contributed by atoms with E-state index in [0.717, 1.165) is 32.7 Å². The summed E-state index contributed by atoms with van der Waals surface area (Å²) in [4.78, 5) is 13.5. The molecule has 1 fully saturated rings. The van der Waals surface area contributed by atoms with Gasteiger partial charge in [0.2, 0.25) is 0 Å². The Hall–Kier alpha value is -2.66. The SMILES string of the molecule is CC1CN(Cc2cncn2Cc2ccccc2)CCN1c1ccncc1. The van der Waals surface area contributed by atoms with Crippen molar-refractivity contribution >= 4 is 5.69 Å². The summed E-state index contributed by atoms with van der Waals surface area (Å²) in [5, 5.41) is 0. The first-order chi connectivity index (χ1) is 12.8. The van der Waals surface area contributed by atoms with Gasteiger partial charge in [0.25, 0.3) is 0 Å². The monoisotopic (exact) mass is 347 g/mol. The number of aromatic nitrogens is 3. The smallest absolute Gasteiger partial charge is 0.0951 e. The molecule has 1 aliphatic heterocycles. The predicted octanol–water partition coefficient (Wildman–Crippen LogP) is 3.04. The van der Waals surface area contributed by atoms with Crippen molar-refractivity contribution in [3.05, 3.63) is 78.6 Å². The van der Waals surface area contributed by atoms with Gasteiger partial charge in [0, 0.05) is 63.0 Å². The van der Waals surface area contributed by atoms with Crippen LogP contribution in [0.1, 0.15) is 18.2 Å². The number of pyridine rings is 1. The molecule has 1 unspecified atom stereocenters. The van der Waals surface area contributed by atoms with Crippen LogP contribution < -0.4 is 4.90 Å². The molecule has 0 saturated carbocycles. The first-order valence-corrected chi connectivity index (χ1v) is 9.21. The van der Waals surface area contributed by atoms with Crippen LogP contribution in [0.2, 0.25) is 0 Å². The lowest BCUT2D eigenvalue weighted by atomic mass is 10.1. The molecule has 0 N–H and O–H groups in total. The summed E-state index contributed by atoms with van der Waals surface area (Å²) < 4.78 is 2.26. The summed E-state index contributed by atoms with van der Waals surface area (Å²) in [5.41, 5.74) is 3.85. The summed E-state index contributed by atoms with van der Waals surface area (Å²) in [7, 11) is 0. The average molecular weight is 347 g/mol. The van der Waals surface area contributed by atoms with Crippen LogP contribution in [0.4, 0.5) is 5.69 Å². The fourth-order valence-electron chi connectivity index (χ4n) is 3.73. The highest BCUT2D eigenvalue weighted by Gasteiger charge is 2.24. The zero-order chi connectivity index (χ0) is 17.8. The number of hydrogen-bond donors (Lipinski definition) is 0. The Balaban J connectivity index is 1.40. The van der Waals surface area contributed by atoms with E-state index >= 15 is 0 Å². The molecular formula is C21H25N5. The summed E-state index contributed by atoms with van der Waals surface area (Å²) in [6, 6.07) is 15.2. The van der Waals surface area contributed by atoms with Crippen molar-refractivity contribution < 1.29 is 0 Å². The molecule has 1 aliphatic rings. The van der Waals surface area contributed by atoms with Crippen molar-refractivity contribution in [1.82, 2.24) is 19.4 Å². The van der Waals surface area contributed by atoms with E-state index in [1.807, 2.05) is 24.9 Å². The Kier molecular flexibility index (Phi) is 4.97. The minimum atomic E-state index is 0.483. The molecule has 2 aromatic heterocycles. The standard InChI is InChI=1S/C21H25N5/c1-18-14-24(11-12-26(18)20-7-9-22-10-8-20)16-21-13-23-17-25(21)15-19-5-3-2-4-6-19/h2-10,13,17-18H,11-12,14-16H2,1H3. The van der Waals surface area contributed by atoms with Crippen LogP contribution >= 0.6 is 0 Å². The average Bonchev–Trinajstić information content (AvgIpc) is 3.10. The fourth-order valence-corrected chi connectivity index (χ4v) is 3.73. The van der Waals surface area contributed by atoms with Gasteiger partial charge in [0.1, 0.15) is 0 Å². The van der Waals surface area contributed by atoms with Crippen molar-refractivity contribution in [2.24, 2.45) is 0 Å². The third-order valence-corrected chi connectivity index (χ3v) is 5.09. The van der Waals surface area contributed by atoms with Gasteiger partial charge in [-0.15, -0.1) is 0 Å². The van der Waals surface area contributed by atoms with Gasteiger partial charge in [-0.25, -0.2) is 4.98 Å². The third-order valence-electron chi connectivity index (χ3n) is 5.09. The van der Waals surface area contributed by atoms with Crippen LogP contribution in [0.25, 0.3) is 0 Å². The molecule has 0 spiro atoms. The Morgan fingerprint density at radius 2 is 1.77 bits per heavy atom. The van der Waals surface area contributed by atoms with Crippen LogP contribution in [0.5, 0.6) is 0 Å². The van der Waals surface area contributed by atoms with E-state index in [1.54, 1.807) is 0 Å². The van der Waals surface area contributed by atoms with Gasteiger partial charge in [-0.1, -0.05) is 30.3 Å². The Morgan fingerprint density at radius 1 is 0.962 bits per heavy atom. The van der Waals surface area contributed by atoms with Crippen LogP contribution in [0, 0.1) is 0 Å². The highest BCUT2D eigenvalue weighted by molar-refractivity contribution is 5.46. The highest BCUT2D eigenvalue weighted by atomic mass is 15.3. The number of imidazole rings is 1. The summed E-state index contributed by atoms with van der Waals surface area (Å²) in [6.07, 6.45) is 7.69. The summed E-state index contributed by atoms with van der Waals surface area (Å²) in [6.45, 7) is 7.28. The van der Waals surface area contributed by atoms with Gasteiger partial charge in [-0.3, -0.25) is 9.88 Å². The second-order valence-electron chi connectivity index (χ2n) is 6.98. The Labute approximate surface area is 154 Å². The van der Waals surface area contributed by atoms with Crippen LogP contribution in [-0.2, 0) is 13.1 Å². The van der Waals surface area contributed by atoms with Crippen molar-refractivity contribution in [2.45, 2.75) is 26.1 Å². The maximum atomic E-state index is 4.38. The normalized spacial score (nSPS) is 18.2. The van der Waals surface area contributed by atoms with Crippen molar-refractivity contribution in [2.75, 3.05) is 24.5 Å². The van der Waals surface area contributed by atoms with Crippen LogP contribution in [-0.4, -0.2) is 45.1 Å². The largest absolute Gasteiger partial charge is 0.366 e. The van der Waals surface area contributed by atoms with Gasteiger partial charge >= 0.3 is 0 Å². The molecule has 3 heterocycles. The lowest BCUT2D eigenvalue weighted by Crippen LogP contribution is -2.51. The van der Waals surface area contributed by atoms with E-state index in [9.17, 15) is 0 Å². The van der Waals surface area contributed by atoms with E-state index in [0.29, 0.717) is 6.04 Å². The van der Waals surface area contributed by atoms with Gasteiger partial charge in [-0.05, 0) is 24.6 Å². The second kappa shape index (κ2) is 7.70. The molecule has 0 aliphatic carbocycles. The molecule has 1 saturated heterocycles. The van der Waals surface area contributed by atoms with E-state index in [1.165, 1.54) is 16.9 Å². The summed E-state index contributed by atoms with van der Waals surface area (Å²) in [5.74, 6) is 0. The number of piperazine rings is 1. The molecule has 1 aromatic carbocycles. The lowest BCUT2D eigenvalue weighted by Gasteiger charge is -2.41. The molecule has 26 heavy (non-hydrogen) atoms. The maximum absolute atomic E-state index is 4.38. The van der Waals surface area contributed by atoms with E-state index < -0.39 is 0 Å². The van der Waals surface area contributed by atoms with E-state index in [-0.39, 0.29) is 0 Å². The predicted molar refractivity (Wildman–Crippen MR) is 104 cm³/mol. The molecule has 1 atom stereocenters. The number of hydrogen-bond acceptors (Lipinski definition) is 4. The quantitative estimate of drug-likeness (QED) is 0.711. The van der Waals surface area contributed by atoms with Gasteiger partial charge < -0.3 is 9.47 Å². The van der Waals surface area contributed by atoms with Gasteiger partial charge in [0.05, 0.1) is 12.0 Å². The minimum Gasteiger partial charge on any atom is -0.366 e. The molecule has 3 aromatic rings. The highest BCUT2D eigenvalue weighted by Crippen LogP contribution is 2.20. The topological polar surface area (TPSA) is 37.2 Å². The lowest BCUT2D eigenvalue weighted by molar-refractivity contribution is 0.216. The van der Waals surface area contributed by atoms with E-state index in [4.69, 9.17) is 0 Å². The van der Waals surface area contributed by atoms with Crippen LogP contribution in [0.15, 0.2) is 67.4 Å². The molecule has 5 nitrogen and oxygen atoms in total. The molecular weight excluding hydrogens is 322 g/mol. The molecule has 0 radical (unpaired) electrons. The zero-order valence-electron chi connectivity index (χ0n) is 15.2. The summed E-state index contributed by atoms with van der Waals surface area (Å²) >= 11 is 0. The van der Waals surface area contributed by atoms with Crippen molar-refractivity contribution in [3.63, 3.8) is 0 Å². The molecule has 0 amide bonds. The second-order valence-corrected chi connectivity index (χ2v) is 6.98. The zero-order valence-corrected chi connectivity index (χ0v) is 15.2. The van der Waals surface area contributed by atoms with Crippen molar-refractivity contribution in [1.29, 1.82) is 0 Å². The number of nitrogens with zero attached hydrogens (tertiary/aromatic N) is 5. The number of benzene rings is 1. The van der Waals surface area contributed by atoms with E-state index in [2.05, 4.69) is 73.7 Å². The maximum Gasteiger partial charge on any atom is 0.0951 e. The van der Waals surface area contributed by atoms with Crippen molar-refractivity contribution in [3.8, 4) is 0 Å². The Morgan fingerprint density at radius 3 is 2.54 bits per heavy atom. The first-order valence-electron chi connectivity index (χ1n) is 9.21. The number of anilines is 1. The third kappa shape index (κ3) is 3.78. The Bertz CT molecular complexity index is 815. The molecule has 4 rings (SSSR count). The van der Waals surface area contributed by atoms with Gasteiger partial charge in [-0.2, -0.15) is 0 Å². The fraction of sp³-hybridized carbons (Fsp3) is 0.333.